The summed E-state index contributed by atoms with van der Waals surface area (Å²) in [6.45, 7) is 8.59. The van der Waals surface area contributed by atoms with Crippen LogP contribution in [0.25, 0.3) is 0 Å². The van der Waals surface area contributed by atoms with Crippen LogP contribution in [-0.4, -0.2) is 13.2 Å². The van der Waals surface area contributed by atoms with Crippen LogP contribution in [0, 0.1) is 11.8 Å². The third-order valence-electron chi connectivity index (χ3n) is 2.17. The third kappa shape index (κ3) is 4.89. The van der Waals surface area contributed by atoms with Crippen molar-refractivity contribution in [3.63, 3.8) is 0 Å². The molecule has 0 aliphatic carbocycles. The summed E-state index contributed by atoms with van der Waals surface area (Å²) in [6, 6.07) is 0. The van der Waals surface area contributed by atoms with Crippen molar-refractivity contribution in [1.82, 2.24) is 0 Å². The van der Waals surface area contributed by atoms with Gasteiger partial charge >= 0.3 is 0 Å². The van der Waals surface area contributed by atoms with Gasteiger partial charge in [0, 0.05) is 13.0 Å². The van der Waals surface area contributed by atoms with Crippen molar-refractivity contribution in [2.24, 2.45) is 11.8 Å². The number of ether oxygens (including phenoxy) is 1. The molecule has 0 aromatic carbocycles. The Bertz CT molecular complexity index is 168. The second-order valence-corrected chi connectivity index (χ2v) is 3.71. The molecule has 0 N–H and O–H groups in total. The summed E-state index contributed by atoms with van der Waals surface area (Å²) >= 11 is 0. The van der Waals surface area contributed by atoms with E-state index in [4.69, 9.17) is 4.74 Å². The molecule has 1 nitrogen and oxygen atoms in total. The number of allylic oxidation sites excluding steroid dienone is 3. The van der Waals surface area contributed by atoms with E-state index in [-0.39, 0.29) is 0 Å². The van der Waals surface area contributed by atoms with Crippen molar-refractivity contribution in [3.8, 4) is 0 Å². The highest BCUT2D eigenvalue weighted by atomic mass is 16.5. The van der Waals surface area contributed by atoms with Gasteiger partial charge in [0.05, 0.1) is 6.10 Å². The Balaban J connectivity index is 4.12. The van der Waals surface area contributed by atoms with Gasteiger partial charge in [-0.1, -0.05) is 45.1 Å². The maximum absolute atomic E-state index is 5.43. The van der Waals surface area contributed by atoms with Crippen LogP contribution in [0.5, 0.6) is 0 Å². The molecule has 76 valence electrons. The monoisotopic (exact) mass is 182 g/mol. The van der Waals surface area contributed by atoms with Crippen LogP contribution in [0.15, 0.2) is 24.3 Å². The minimum absolute atomic E-state index is 0.321. The van der Waals surface area contributed by atoms with Crippen molar-refractivity contribution in [1.29, 1.82) is 0 Å². The molecule has 0 aromatic rings. The van der Waals surface area contributed by atoms with Crippen LogP contribution in [-0.2, 0) is 4.74 Å². The molecule has 0 fully saturated rings. The molecular formula is C12H22O. The first-order valence-corrected chi connectivity index (χ1v) is 4.95. The number of rotatable bonds is 5. The quantitative estimate of drug-likeness (QED) is 0.592. The van der Waals surface area contributed by atoms with Gasteiger partial charge in [0.1, 0.15) is 0 Å². The first kappa shape index (κ1) is 12.4. The Morgan fingerprint density at radius 2 is 1.69 bits per heavy atom. The van der Waals surface area contributed by atoms with Gasteiger partial charge < -0.3 is 4.74 Å². The van der Waals surface area contributed by atoms with Gasteiger partial charge in [-0.05, 0) is 12.8 Å². The van der Waals surface area contributed by atoms with E-state index in [1.807, 2.05) is 19.1 Å². The van der Waals surface area contributed by atoms with E-state index in [2.05, 4.69) is 32.9 Å². The van der Waals surface area contributed by atoms with E-state index >= 15 is 0 Å². The second-order valence-electron chi connectivity index (χ2n) is 3.71. The minimum Gasteiger partial charge on any atom is -0.381 e. The Morgan fingerprint density at radius 1 is 1.08 bits per heavy atom. The van der Waals surface area contributed by atoms with Crippen LogP contribution >= 0.6 is 0 Å². The molecule has 0 rings (SSSR count). The molecule has 0 aromatic heterocycles. The van der Waals surface area contributed by atoms with Crippen LogP contribution in [0.1, 0.15) is 27.7 Å². The first-order valence-electron chi connectivity index (χ1n) is 4.95. The third-order valence-corrected chi connectivity index (χ3v) is 2.17. The average molecular weight is 182 g/mol. The molecule has 0 unspecified atom stereocenters. The lowest BCUT2D eigenvalue weighted by Gasteiger charge is -2.23. The van der Waals surface area contributed by atoms with E-state index in [0.717, 1.165) is 0 Å². The maximum atomic E-state index is 5.43. The first-order chi connectivity index (χ1) is 6.13. The van der Waals surface area contributed by atoms with Crippen molar-refractivity contribution < 1.29 is 4.74 Å². The zero-order chi connectivity index (χ0) is 10.3. The molecule has 0 aliphatic heterocycles. The zero-order valence-corrected chi connectivity index (χ0v) is 9.45. The van der Waals surface area contributed by atoms with Gasteiger partial charge in [-0.2, -0.15) is 0 Å². The molecule has 0 saturated heterocycles. The molecule has 0 radical (unpaired) electrons. The smallest absolute Gasteiger partial charge is 0.0654 e. The fourth-order valence-corrected chi connectivity index (χ4v) is 1.55. The molecule has 13 heavy (non-hydrogen) atoms. The van der Waals surface area contributed by atoms with Gasteiger partial charge in [0.25, 0.3) is 0 Å². The zero-order valence-electron chi connectivity index (χ0n) is 9.45. The molecular weight excluding hydrogens is 160 g/mol. The highest BCUT2D eigenvalue weighted by Gasteiger charge is 2.17. The van der Waals surface area contributed by atoms with E-state index in [0.29, 0.717) is 17.9 Å². The van der Waals surface area contributed by atoms with Gasteiger partial charge in [-0.25, -0.2) is 0 Å². The summed E-state index contributed by atoms with van der Waals surface area (Å²) in [4.78, 5) is 0. The Morgan fingerprint density at radius 3 is 2.08 bits per heavy atom. The van der Waals surface area contributed by atoms with E-state index in [1.54, 1.807) is 7.11 Å². The molecule has 0 saturated carbocycles. The molecule has 0 aliphatic rings. The van der Waals surface area contributed by atoms with Gasteiger partial charge in [0.15, 0.2) is 0 Å². The number of hydrogen-bond donors (Lipinski definition) is 0. The van der Waals surface area contributed by atoms with Crippen LogP contribution in [0.3, 0.4) is 0 Å². The Kier molecular flexibility index (Phi) is 6.61. The lowest BCUT2D eigenvalue weighted by atomic mass is 9.94. The summed E-state index contributed by atoms with van der Waals surface area (Å²) in [7, 11) is 1.78. The second kappa shape index (κ2) is 6.90. The molecule has 0 heterocycles. The minimum atomic E-state index is 0.321. The lowest BCUT2D eigenvalue weighted by molar-refractivity contribution is 0.0379. The van der Waals surface area contributed by atoms with Crippen molar-refractivity contribution in [2.75, 3.05) is 7.11 Å². The van der Waals surface area contributed by atoms with E-state index in [9.17, 15) is 0 Å². The maximum Gasteiger partial charge on any atom is 0.0654 e. The van der Waals surface area contributed by atoms with Crippen molar-refractivity contribution >= 4 is 0 Å². The number of hydrogen-bond acceptors (Lipinski definition) is 1. The summed E-state index contributed by atoms with van der Waals surface area (Å²) in [5.74, 6) is 1.04. The Hall–Kier alpha value is -0.560. The summed E-state index contributed by atoms with van der Waals surface area (Å²) in [5.41, 5.74) is 0. The summed E-state index contributed by atoms with van der Waals surface area (Å²) in [5, 5.41) is 0. The standard InChI is InChI=1S/C12H22O/c1-6-7-8-9-11(4)12(13-5)10(2)3/h6-12H,1-5H3/b7-6+,9-8+/t11-,12-/m0/s1. The predicted octanol–water partition coefficient (Wildman–Crippen LogP) is 3.43. The topological polar surface area (TPSA) is 9.23 Å². The normalized spacial score (nSPS) is 17.4. The van der Waals surface area contributed by atoms with Crippen molar-refractivity contribution in [2.45, 2.75) is 33.8 Å². The molecule has 2 atom stereocenters. The van der Waals surface area contributed by atoms with Gasteiger partial charge in [0.2, 0.25) is 0 Å². The largest absolute Gasteiger partial charge is 0.381 e. The summed E-state index contributed by atoms with van der Waals surface area (Å²) < 4.78 is 5.43. The highest BCUT2D eigenvalue weighted by molar-refractivity contribution is 5.03. The highest BCUT2D eigenvalue weighted by Crippen LogP contribution is 2.16. The van der Waals surface area contributed by atoms with E-state index < -0.39 is 0 Å². The van der Waals surface area contributed by atoms with Crippen molar-refractivity contribution in [3.05, 3.63) is 24.3 Å². The predicted molar refractivity (Wildman–Crippen MR) is 58.8 cm³/mol. The summed E-state index contributed by atoms with van der Waals surface area (Å²) in [6.07, 6.45) is 8.67. The number of methoxy groups -OCH3 is 1. The molecule has 0 spiro atoms. The van der Waals surface area contributed by atoms with Gasteiger partial charge in [-0.3, -0.25) is 0 Å². The van der Waals surface area contributed by atoms with Crippen LogP contribution < -0.4 is 0 Å². The van der Waals surface area contributed by atoms with Gasteiger partial charge in [-0.15, -0.1) is 0 Å². The molecule has 1 heteroatoms. The lowest BCUT2D eigenvalue weighted by Crippen LogP contribution is -2.24. The van der Waals surface area contributed by atoms with E-state index in [1.165, 1.54) is 0 Å². The fourth-order valence-electron chi connectivity index (χ4n) is 1.55. The van der Waals surface area contributed by atoms with Crippen LogP contribution in [0.4, 0.5) is 0 Å². The SMILES string of the molecule is C/C=C/C=C/[C@H](C)[C@@H](OC)C(C)C. The Labute approximate surface area is 82.5 Å². The van der Waals surface area contributed by atoms with Crippen LogP contribution in [0.2, 0.25) is 0 Å². The molecule has 0 bridgehead atoms. The molecule has 0 amide bonds. The fraction of sp³-hybridized carbons (Fsp3) is 0.667. The average Bonchev–Trinajstić information content (AvgIpc) is 2.05.